The molecule has 0 saturated carbocycles. The number of hydrogen-bond acceptors (Lipinski definition) is 3. The maximum Gasteiger partial charge on any atom is 0.160 e. The molecule has 1 aliphatic heterocycles. The van der Waals surface area contributed by atoms with Gasteiger partial charge in [0.05, 0.1) is 22.6 Å². The fraction of sp³-hybridized carbons (Fsp3) is 0.0769. The normalized spacial score (nSPS) is 13.6. The van der Waals surface area contributed by atoms with Gasteiger partial charge < -0.3 is 4.90 Å². The first-order valence-corrected chi connectivity index (χ1v) is 14.4. The Labute approximate surface area is 245 Å². The standard InChI is InChI=1S/C39H29N3/c1-39(2)32-17-6-9-20-35(32)42(36-21-10-7-18-33(36)39)28-24-22-27(23-25-28)38-40-34-19-8-5-15-31(34)37(41-38)30-16-11-13-26-12-3-4-14-29(26)30/h3-25H,1-2H3. The first-order valence-electron chi connectivity index (χ1n) is 14.4. The summed E-state index contributed by atoms with van der Waals surface area (Å²) in [6, 6.07) is 49.4. The number of aromatic nitrogens is 2. The summed E-state index contributed by atoms with van der Waals surface area (Å²) < 4.78 is 0. The van der Waals surface area contributed by atoms with Crippen LogP contribution in [0.2, 0.25) is 0 Å². The van der Waals surface area contributed by atoms with E-state index in [0.717, 1.165) is 39.2 Å². The van der Waals surface area contributed by atoms with Crippen molar-refractivity contribution in [1.82, 2.24) is 9.97 Å². The molecule has 0 amide bonds. The van der Waals surface area contributed by atoms with Crippen molar-refractivity contribution in [2.45, 2.75) is 19.3 Å². The van der Waals surface area contributed by atoms with Gasteiger partial charge in [0.15, 0.2) is 5.82 Å². The van der Waals surface area contributed by atoms with Crippen LogP contribution in [0.5, 0.6) is 0 Å². The Morgan fingerprint density at radius 3 is 1.86 bits per heavy atom. The fourth-order valence-corrected chi connectivity index (χ4v) is 6.55. The quantitative estimate of drug-likeness (QED) is 0.224. The van der Waals surface area contributed by atoms with Crippen LogP contribution in [0, 0.1) is 0 Å². The van der Waals surface area contributed by atoms with Gasteiger partial charge in [-0.2, -0.15) is 0 Å². The van der Waals surface area contributed by atoms with E-state index in [4.69, 9.17) is 9.97 Å². The molecule has 6 aromatic carbocycles. The van der Waals surface area contributed by atoms with E-state index in [9.17, 15) is 0 Å². The Kier molecular flexibility index (Phi) is 5.48. The minimum absolute atomic E-state index is 0.0828. The predicted octanol–water partition coefficient (Wildman–Crippen LogP) is 10.2. The Morgan fingerprint density at radius 2 is 1.12 bits per heavy atom. The third-order valence-corrected chi connectivity index (χ3v) is 8.67. The number of nitrogens with zero attached hydrogens (tertiary/aromatic N) is 3. The van der Waals surface area contributed by atoms with E-state index in [1.54, 1.807) is 0 Å². The van der Waals surface area contributed by atoms with Crippen molar-refractivity contribution in [3.05, 3.63) is 151 Å². The van der Waals surface area contributed by atoms with Crippen molar-refractivity contribution >= 4 is 38.7 Å². The van der Waals surface area contributed by atoms with E-state index in [-0.39, 0.29) is 5.41 Å². The zero-order chi connectivity index (χ0) is 28.3. The van der Waals surface area contributed by atoms with Gasteiger partial charge in [0.2, 0.25) is 0 Å². The fourth-order valence-electron chi connectivity index (χ4n) is 6.55. The Balaban J connectivity index is 1.27. The number of para-hydroxylation sites is 3. The first-order chi connectivity index (χ1) is 20.6. The third kappa shape index (κ3) is 3.74. The summed E-state index contributed by atoms with van der Waals surface area (Å²) in [5.41, 5.74) is 10.1. The van der Waals surface area contributed by atoms with E-state index >= 15 is 0 Å². The summed E-state index contributed by atoms with van der Waals surface area (Å²) in [4.78, 5) is 12.6. The average molecular weight is 540 g/mol. The van der Waals surface area contributed by atoms with Crippen molar-refractivity contribution in [3.63, 3.8) is 0 Å². The molecule has 0 bridgehead atoms. The molecular weight excluding hydrogens is 510 g/mol. The number of anilines is 3. The monoisotopic (exact) mass is 539 g/mol. The molecule has 200 valence electrons. The topological polar surface area (TPSA) is 29.0 Å². The smallest absolute Gasteiger partial charge is 0.160 e. The number of benzene rings is 6. The number of rotatable bonds is 3. The Hall–Kier alpha value is -5.28. The van der Waals surface area contributed by atoms with Crippen LogP contribution in [0.15, 0.2) is 140 Å². The van der Waals surface area contributed by atoms with Gasteiger partial charge in [-0.1, -0.05) is 111 Å². The summed E-state index contributed by atoms with van der Waals surface area (Å²) in [6.45, 7) is 4.63. The summed E-state index contributed by atoms with van der Waals surface area (Å²) in [7, 11) is 0. The Morgan fingerprint density at radius 1 is 0.524 bits per heavy atom. The van der Waals surface area contributed by atoms with Crippen LogP contribution in [0.3, 0.4) is 0 Å². The van der Waals surface area contributed by atoms with E-state index in [2.05, 4.69) is 152 Å². The Bertz CT molecular complexity index is 2070. The molecule has 1 aliphatic rings. The lowest BCUT2D eigenvalue weighted by molar-refractivity contribution is 0.632. The lowest BCUT2D eigenvalue weighted by Crippen LogP contribution is -2.30. The van der Waals surface area contributed by atoms with E-state index < -0.39 is 0 Å². The molecule has 3 nitrogen and oxygen atoms in total. The van der Waals surface area contributed by atoms with E-state index in [1.807, 2.05) is 6.07 Å². The van der Waals surface area contributed by atoms with Crippen LogP contribution in [-0.2, 0) is 5.41 Å². The molecule has 2 heterocycles. The van der Waals surface area contributed by atoms with Crippen LogP contribution in [0.1, 0.15) is 25.0 Å². The van der Waals surface area contributed by atoms with Gasteiger partial charge in [0.1, 0.15) is 0 Å². The van der Waals surface area contributed by atoms with Crippen LogP contribution in [0.25, 0.3) is 44.3 Å². The van der Waals surface area contributed by atoms with Gasteiger partial charge in [0, 0.05) is 27.6 Å². The summed E-state index contributed by atoms with van der Waals surface area (Å²) in [5, 5.41) is 3.45. The molecule has 3 heteroatoms. The van der Waals surface area contributed by atoms with E-state index in [0.29, 0.717) is 0 Å². The molecule has 0 fully saturated rings. The number of fused-ring (bicyclic) bond motifs is 4. The van der Waals surface area contributed by atoms with Gasteiger partial charge in [-0.05, 0) is 64.4 Å². The first kappa shape index (κ1) is 24.5. The minimum Gasteiger partial charge on any atom is -0.310 e. The third-order valence-electron chi connectivity index (χ3n) is 8.67. The maximum atomic E-state index is 5.20. The van der Waals surface area contributed by atoms with Gasteiger partial charge in [-0.3, -0.25) is 0 Å². The highest BCUT2D eigenvalue weighted by Gasteiger charge is 2.36. The van der Waals surface area contributed by atoms with Crippen molar-refractivity contribution < 1.29 is 0 Å². The second-order valence-corrected chi connectivity index (χ2v) is 11.5. The van der Waals surface area contributed by atoms with Crippen molar-refractivity contribution in [3.8, 4) is 22.6 Å². The van der Waals surface area contributed by atoms with Crippen molar-refractivity contribution in [2.24, 2.45) is 0 Å². The average Bonchev–Trinajstić information content (AvgIpc) is 3.04. The highest BCUT2D eigenvalue weighted by Crippen LogP contribution is 2.51. The van der Waals surface area contributed by atoms with Gasteiger partial charge >= 0.3 is 0 Å². The predicted molar refractivity (Wildman–Crippen MR) is 175 cm³/mol. The molecule has 0 spiro atoms. The molecule has 0 aliphatic carbocycles. The zero-order valence-electron chi connectivity index (χ0n) is 23.6. The van der Waals surface area contributed by atoms with E-state index in [1.165, 1.54) is 33.3 Å². The van der Waals surface area contributed by atoms with Crippen LogP contribution in [0.4, 0.5) is 17.1 Å². The SMILES string of the molecule is CC1(C)c2ccccc2N(c2ccc(-c3nc(-c4cccc5ccccc45)c4ccccc4n3)cc2)c2ccccc21. The largest absolute Gasteiger partial charge is 0.310 e. The highest BCUT2D eigenvalue weighted by atomic mass is 15.2. The molecule has 0 radical (unpaired) electrons. The van der Waals surface area contributed by atoms with Gasteiger partial charge in [-0.15, -0.1) is 0 Å². The molecule has 0 atom stereocenters. The molecule has 42 heavy (non-hydrogen) atoms. The molecule has 8 rings (SSSR count). The van der Waals surface area contributed by atoms with Crippen LogP contribution < -0.4 is 4.90 Å². The summed E-state index contributed by atoms with van der Waals surface area (Å²) >= 11 is 0. The van der Waals surface area contributed by atoms with Crippen molar-refractivity contribution in [1.29, 1.82) is 0 Å². The lowest BCUT2D eigenvalue weighted by atomic mass is 9.73. The highest BCUT2D eigenvalue weighted by molar-refractivity contribution is 6.03. The molecule has 0 unspecified atom stereocenters. The molecule has 1 aromatic heterocycles. The zero-order valence-corrected chi connectivity index (χ0v) is 23.6. The summed E-state index contributed by atoms with van der Waals surface area (Å²) in [6.07, 6.45) is 0. The van der Waals surface area contributed by atoms with Crippen molar-refractivity contribution in [2.75, 3.05) is 4.90 Å². The summed E-state index contributed by atoms with van der Waals surface area (Å²) in [5.74, 6) is 0.726. The van der Waals surface area contributed by atoms with Gasteiger partial charge in [0.25, 0.3) is 0 Å². The molecule has 0 saturated heterocycles. The number of hydrogen-bond donors (Lipinski definition) is 0. The van der Waals surface area contributed by atoms with Gasteiger partial charge in [-0.25, -0.2) is 9.97 Å². The van der Waals surface area contributed by atoms with Crippen LogP contribution in [-0.4, -0.2) is 9.97 Å². The molecule has 0 N–H and O–H groups in total. The maximum absolute atomic E-state index is 5.20. The molecule has 7 aromatic rings. The second-order valence-electron chi connectivity index (χ2n) is 11.5. The minimum atomic E-state index is -0.0828. The van der Waals surface area contributed by atoms with Crippen LogP contribution >= 0.6 is 0 Å². The second kappa shape index (κ2) is 9.39. The molecular formula is C39H29N3. The lowest BCUT2D eigenvalue weighted by Gasteiger charge is -2.42.